The van der Waals surface area contributed by atoms with E-state index < -0.39 is 11.7 Å². The van der Waals surface area contributed by atoms with E-state index in [1.807, 2.05) is 24.3 Å². The van der Waals surface area contributed by atoms with Crippen LogP contribution in [0.4, 0.5) is 10.1 Å². The van der Waals surface area contributed by atoms with Crippen LogP contribution >= 0.6 is 11.6 Å². The average Bonchev–Trinajstić information content (AvgIpc) is 3.43. The van der Waals surface area contributed by atoms with Crippen molar-refractivity contribution < 1.29 is 18.4 Å². The maximum Gasteiger partial charge on any atom is 0.254 e. The molecule has 0 spiro atoms. The van der Waals surface area contributed by atoms with Gasteiger partial charge in [-0.1, -0.05) is 42.6 Å². The van der Waals surface area contributed by atoms with Crippen LogP contribution in [-0.4, -0.2) is 16.8 Å². The van der Waals surface area contributed by atoms with E-state index >= 15 is 0 Å². The first-order chi connectivity index (χ1) is 15.9. The molecule has 33 heavy (non-hydrogen) atoms. The zero-order chi connectivity index (χ0) is 23.4. The molecule has 0 saturated heterocycles. The molecule has 1 heterocycles. The lowest BCUT2D eigenvalue weighted by Gasteiger charge is -2.11. The van der Waals surface area contributed by atoms with Crippen LogP contribution < -0.4 is 10.6 Å². The van der Waals surface area contributed by atoms with E-state index in [1.54, 1.807) is 6.92 Å². The van der Waals surface area contributed by atoms with Gasteiger partial charge in [0.2, 0.25) is 11.8 Å². The second-order valence-corrected chi connectivity index (χ2v) is 8.66. The Kier molecular flexibility index (Phi) is 7.08. The number of amides is 2. The Labute approximate surface area is 196 Å². The van der Waals surface area contributed by atoms with Gasteiger partial charge in [0.15, 0.2) is 5.82 Å². The second kappa shape index (κ2) is 10.2. The van der Waals surface area contributed by atoms with Gasteiger partial charge in [-0.25, -0.2) is 9.37 Å². The van der Waals surface area contributed by atoms with Crippen LogP contribution in [-0.2, 0) is 11.3 Å². The third-order valence-electron chi connectivity index (χ3n) is 5.89. The van der Waals surface area contributed by atoms with E-state index in [0.717, 1.165) is 12.8 Å². The molecule has 2 N–H and O–H groups in total. The lowest BCUT2D eigenvalue weighted by molar-refractivity contribution is -0.117. The van der Waals surface area contributed by atoms with Crippen LogP contribution in [0.1, 0.15) is 53.9 Å². The van der Waals surface area contributed by atoms with E-state index in [-0.39, 0.29) is 23.0 Å². The summed E-state index contributed by atoms with van der Waals surface area (Å²) in [5.74, 6) is -0.0872. The van der Waals surface area contributed by atoms with Crippen LogP contribution in [0.2, 0.25) is 5.02 Å². The first kappa shape index (κ1) is 23.0. The molecular formula is C25H25ClFN3O3. The van der Waals surface area contributed by atoms with Crippen LogP contribution in [0.5, 0.6) is 0 Å². The first-order valence-corrected chi connectivity index (χ1v) is 11.4. The number of oxazole rings is 1. The maximum atomic E-state index is 14.1. The van der Waals surface area contributed by atoms with Crippen LogP contribution in [0.3, 0.4) is 0 Å². The topological polar surface area (TPSA) is 84.2 Å². The van der Waals surface area contributed by atoms with E-state index in [1.165, 1.54) is 31.0 Å². The number of carbonyl (C=O) groups excluding carboxylic acids is 2. The molecule has 1 aliphatic rings. The van der Waals surface area contributed by atoms with Gasteiger partial charge in [-0.3, -0.25) is 9.59 Å². The van der Waals surface area contributed by atoms with Gasteiger partial charge in [0.1, 0.15) is 11.5 Å². The van der Waals surface area contributed by atoms with Crippen LogP contribution in [0, 0.1) is 18.7 Å². The second-order valence-electron chi connectivity index (χ2n) is 8.25. The molecule has 1 saturated carbocycles. The Balaban J connectivity index is 1.46. The molecule has 2 amide bonds. The molecule has 6 nitrogen and oxygen atoms in total. The molecule has 172 valence electrons. The molecule has 1 aliphatic carbocycles. The zero-order valence-corrected chi connectivity index (χ0v) is 19.0. The highest BCUT2D eigenvalue weighted by atomic mass is 35.5. The van der Waals surface area contributed by atoms with Crippen molar-refractivity contribution in [2.45, 2.75) is 45.6 Å². The van der Waals surface area contributed by atoms with Gasteiger partial charge in [0.25, 0.3) is 5.91 Å². The van der Waals surface area contributed by atoms with Crippen LogP contribution in [0.15, 0.2) is 46.9 Å². The third-order valence-corrected chi connectivity index (χ3v) is 6.18. The number of nitrogens with one attached hydrogen (secondary N) is 2. The largest absolute Gasteiger partial charge is 0.441 e. The van der Waals surface area contributed by atoms with Gasteiger partial charge in [0.05, 0.1) is 28.4 Å². The molecule has 0 atom stereocenters. The fraction of sp³-hybridized carbons (Fsp3) is 0.320. The zero-order valence-electron chi connectivity index (χ0n) is 18.3. The summed E-state index contributed by atoms with van der Waals surface area (Å²) >= 11 is 5.76. The lowest BCUT2D eigenvalue weighted by Crippen LogP contribution is -2.24. The van der Waals surface area contributed by atoms with Crippen molar-refractivity contribution in [3.63, 3.8) is 0 Å². The summed E-state index contributed by atoms with van der Waals surface area (Å²) in [6.45, 7) is 1.79. The average molecular weight is 470 g/mol. The molecule has 1 aromatic heterocycles. The van der Waals surface area contributed by atoms with Crippen molar-refractivity contribution in [2.75, 3.05) is 5.32 Å². The normalized spacial score (nSPS) is 13.8. The predicted molar refractivity (Wildman–Crippen MR) is 124 cm³/mol. The summed E-state index contributed by atoms with van der Waals surface area (Å²) in [4.78, 5) is 29.4. The molecule has 2 aromatic carbocycles. The molecule has 0 aliphatic heterocycles. The standard InChI is InChI=1S/C25H25ClFN3O3/c1-15-21(14-28-24(32)18-10-6-11-19(26)23(18)27)30-25(33-15)17-9-4-5-12-20(17)29-22(31)13-16-7-2-3-8-16/h4-6,9-12,16H,2-3,7-8,13-14H2,1H3,(H,28,32)(H,29,31). The Bertz CT molecular complexity index is 1170. The number of rotatable bonds is 7. The fourth-order valence-electron chi connectivity index (χ4n) is 4.10. The van der Waals surface area contributed by atoms with Gasteiger partial charge in [-0.05, 0) is 49.9 Å². The highest BCUT2D eigenvalue weighted by Crippen LogP contribution is 2.31. The number of aromatic nitrogens is 1. The summed E-state index contributed by atoms with van der Waals surface area (Å²) in [5.41, 5.74) is 1.64. The van der Waals surface area contributed by atoms with Gasteiger partial charge >= 0.3 is 0 Å². The Morgan fingerprint density at radius 1 is 1.15 bits per heavy atom. The van der Waals surface area contributed by atoms with Crippen molar-refractivity contribution in [1.29, 1.82) is 0 Å². The van der Waals surface area contributed by atoms with Crippen molar-refractivity contribution in [2.24, 2.45) is 5.92 Å². The first-order valence-electron chi connectivity index (χ1n) is 11.0. The number of nitrogens with zero attached hydrogens (tertiary/aromatic N) is 1. The molecule has 0 unspecified atom stereocenters. The minimum atomic E-state index is -0.767. The molecule has 4 rings (SSSR count). The SMILES string of the molecule is Cc1oc(-c2ccccc2NC(=O)CC2CCCC2)nc1CNC(=O)c1cccc(Cl)c1F. The quantitative estimate of drug-likeness (QED) is 0.451. The summed E-state index contributed by atoms with van der Waals surface area (Å²) in [6, 6.07) is 11.6. The fourth-order valence-corrected chi connectivity index (χ4v) is 4.28. The summed E-state index contributed by atoms with van der Waals surface area (Å²) in [5, 5.41) is 5.51. The van der Waals surface area contributed by atoms with E-state index in [2.05, 4.69) is 15.6 Å². The minimum absolute atomic E-state index is 0.0198. The van der Waals surface area contributed by atoms with Gasteiger partial charge in [0, 0.05) is 6.42 Å². The smallest absolute Gasteiger partial charge is 0.254 e. The Morgan fingerprint density at radius 2 is 1.91 bits per heavy atom. The lowest BCUT2D eigenvalue weighted by atomic mass is 10.0. The molecule has 0 bridgehead atoms. The number of para-hydroxylation sites is 1. The van der Waals surface area contributed by atoms with Gasteiger partial charge in [-0.15, -0.1) is 0 Å². The number of anilines is 1. The maximum absolute atomic E-state index is 14.1. The number of halogens is 2. The van der Waals surface area contributed by atoms with E-state index in [9.17, 15) is 14.0 Å². The number of benzene rings is 2. The monoisotopic (exact) mass is 469 g/mol. The number of aryl methyl sites for hydroxylation is 1. The van der Waals surface area contributed by atoms with E-state index in [4.69, 9.17) is 16.0 Å². The predicted octanol–water partition coefficient (Wildman–Crippen LogP) is 5.89. The van der Waals surface area contributed by atoms with Crippen molar-refractivity contribution in [3.8, 4) is 11.5 Å². The molecule has 3 aromatic rings. The summed E-state index contributed by atoms with van der Waals surface area (Å²) in [7, 11) is 0. The summed E-state index contributed by atoms with van der Waals surface area (Å²) < 4.78 is 19.9. The molecule has 1 fully saturated rings. The van der Waals surface area contributed by atoms with Crippen molar-refractivity contribution in [3.05, 3.63) is 70.3 Å². The molecular weight excluding hydrogens is 445 g/mol. The molecule has 0 radical (unpaired) electrons. The van der Waals surface area contributed by atoms with Crippen molar-refractivity contribution >= 4 is 29.1 Å². The Hall–Kier alpha value is -3.19. The minimum Gasteiger partial charge on any atom is -0.441 e. The van der Waals surface area contributed by atoms with Crippen molar-refractivity contribution in [1.82, 2.24) is 10.3 Å². The molecule has 8 heteroatoms. The van der Waals surface area contributed by atoms with E-state index in [0.29, 0.717) is 40.9 Å². The van der Waals surface area contributed by atoms with Gasteiger partial charge in [-0.2, -0.15) is 0 Å². The highest BCUT2D eigenvalue weighted by Gasteiger charge is 2.21. The number of carbonyl (C=O) groups is 2. The number of hydrogen-bond acceptors (Lipinski definition) is 4. The number of hydrogen-bond donors (Lipinski definition) is 2. The third kappa shape index (κ3) is 5.42. The highest BCUT2D eigenvalue weighted by molar-refractivity contribution is 6.31. The van der Waals surface area contributed by atoms with Crippen LogP contribution in [0.25, 0.3) is 11.5 Å². The van der Waals surface area contributed by atoms with Gasteiger partial charge < -0.3 is 15.1 Å². The summed E-state index contributed by atoms with van der Waals surface area (Å²) in [6.07, 6.45) is 5.08. The Morgan fingerprint density at radius 3 is 2.70 bits per heavy atom.